The van der Waals surface area contributed by atoms with Crippen LogP contribution in [0.2, 0.25) is 0 Å². The molecule has 0 aliphatic heterocycles. The van der Waals surface area contributed by atoms with Crippen LogP contribution in [0, 0.1) is 0 Å². The first-order valence-electron chi connectivity index (χ1n) is 15.9. The summed E-state index contributed by atoms with van der Waals surface area (Å²) in [6.07, 6.45) is 9.80. The highest BCUT2D eigenvalue weighted by molar-refractivity contribution is 6.23. The Labute approximate surface area is 266 Å². The van der Waals surface area contributed by atoms with E-state index in [-0.39, 0.29) is 0 Å². The third-order valence-electron chi connectivity index (χ3n) is 9.69. The van der Waals surface area contributed by atoms with Crippen LogP contribution in [0.25, 0.3) is 77.7 Å². The summed E-state index contributed by atoms with van der Waals surface area (Å²) in [6, 6.07) is 50.7. The number of rotatable bonds is 3. The SMILES string of the molecule is C1=CCc2c(n(-c3ccc(-n4c5ccccc5c5ccccc54)cc3)c3ccc4c(c5ccccc5n4-c4ccccc4)c23)C=C1. The van der Waals surface area contributed by atoms with Gasteiger partial charge in [-0.3, -0.25) is 0 Å². The zero-order chi connectivity index (χ0) is 30.2. The Hall–Kier alpha value is -6.06. The lowest BCUT2D eigenvalue weighted by Gasteiger charge is -2.13. The minimum atomic E-state index is 0.884. The van der Waals surface area contributed by atoms with Crippen molar-refractivity contribution in [2.24, 2.45) is 0 Å². The molecule has 0 saturated heterocycles. The quantitative estimate of drug-likeness (QED) is 0.195. The predicted molar refractivity (Wildman–Crippen MR) is 194 cm³/mol. The monoisotopic (exact) mass is 587 g/mol. The third kappa shape index (κ3) is 3.48. The molecular formula is C43H29N3. The first-order valence-corrected chi connectivity index (χ1v) is 15.9. The van der Waals surface area contributed by atoms with E-state index in [0.717, 1.165) is 17.8 Å². The lowest BCUT2D eigenvalue weighted by Crippen LogP contribution is -1.99. The van der Waals surface area contributed by atoms with Gasteiger partial charge in [-0.25, -0.2) is 0 Å². The fourth-order valence-corrected chi connectivity index (χ4v) is 7.81. The molecule has 9 aromatic rings. The van der Waals surface area contributed by atoms with E-state index in [4.69, 9.17) is 0 Å². The summed E-state index contributed by atoms with van der Waals surface area (Å²) in [5.74, 6) is 0. The molecule has 3 nitrogen and oxygen atoms in total. The molecule has 3 aromatic heterocycles. The number of para-hydroxylation sites is 4. The Morgan fingerprint density at radius 1 is 0.370 bits per heavy atom. The average molecular weight is 588 g/mol. The zero-order valence-corrected chi connectivity index (χ0v) is 25.1. The molecular weight excluding hydrogens is 558 g/mol. The molecule has 46 heavy (non-hydrogen) atoms. The second-order valence-electron chi connectivity index (χ2n) is 12.1. The molecule has 0 fully saturated rings. The van der Waals surface area contributed by atoms with Crippen LogP contribution in [0.4, 0.5) is 0 Å². The van der Waals surface area contributed by atoms with Crippen LogP contribution in [0.1, 0.15) is 11.3 Å². The van der Waals surface area contributed by atoms with Gasteiger partial charge in [-0.05, 0) is 84.8 Å². The van der Waals surface area contributed by atoms with E-state index in [1.165, 1.54) is 71.5 Å². The predicted octanol–water partition coefficient (Wildman–Crippen LogP) is 11.0. The van der Waals surface area contributed by atoms with Crippen LogP contribution in [0.15, 0.2) is 158 Å². The van der Waals surface area contributed by atoms with Crippen LogP contribution >= 0.6 is 0 Å². The van der Waals surface area contributed by atoms with Crippen LogP contribution in [-0.4, -0.2) is 13.7 Å². The molecule has 0 N–H and O–H groups in total. The molecule has 0 radical (unpaired) electrons. The minimum absolute atomic E-state index is 0.884. The smallest absolute Gasteiger partial charge is 0.0548 e. The molecule has 1 aliphatic carbocycles. The molecule has 0 bridgehead atoms. The normalized spacial score (nSPS) is 13.0. The number of allylic oxidation sites excluding steroid dienone is 3. The molecule has 0 atom stereocenters. The van der Waals surface area contributed by atoms with Gasteiger partial charge in [0.25, 0.3) is 0 Å². The lowest BCUT2D eigenvalue weighted by molar-refractivity contribution is 1.08. The highest BCUT2D eigenvalue weighted by Gasteiger charge is 2.23. The Kier molecular flexibility index (Phi) is 5.34. The van der Waals surface area contributed by atoms with E-state index in [0.29, 0.717) is 0 Å². The summed E-state index contributed by atoms with van der Waals surface area (Å²) in [6.45, 7) is 0. The fraction of sp³-hybridized carbons (Fsp3) is 0.0233. The number of fused-ring (bicyclic) bond motifs is 10. The zero-order valence-electron chi connectivity index (χ0n) is 25.1. The van der Waals surface area contributed by atoms with E-state index in [1.807, 2.05) is 0 Å². The van der Waals surface area contributed by atoms with E-state index in [1.54, 1.807) is 0 Å². The van der Waals surface area contributed by atoms with Gasteiger partial charge in [-0.1, -0.05) is 91.0 Å². The van der Waals surface area contributed by atoms with Gasteiger partial charge in [-0.2, -0.15) is 0 Å². The Morgan fingerprint density at radius 2 is 0.870 bits per heavy atom. The van der Waals surface area contributed by atoms with E-state index in [9.17, 15) is 0 Å². The largest absolute Gasteiger partial charge is 0.310 e. The maximum absolute atomic E-state index is 2.46. The van der Waals surface area contributed by atoms with Gasteiger partial charge in [0.2, 0.25) is 0 Å². The van der Waals surface area contributed by atoms with Crippen molar-refractivity contribution in [1.29, 1.82) is 0 Å². The summed E-state index contributed by atoms with van der Waals surface area (Å²) < 4.78 is 7.25. The van der Waals surface area contributed by atoms with Crippen LogP contribution in [-0.2, 0) is 6.42 Å². The highest BCUT2D eigenvalue weighted by atomic mass is 15.0. The van der Waals surface area contributed by atoms with Crippen LogP contribution < -0.4 is 0 Å². The summed E-state index contributed by atoms with van der Waals surface area (Å²) in [5, 5.41) is 6.49. The first kappa shape index (κ1) is 25.3. The lowest BCUT2D eigenvalue weighted by atomic mass is 10.0. The third-order valence-corrected chi connectivity index (χ3v) is 9.69. The van der Waals surface area contributed by atoms with Crippen molar-refractivity contribution in [2.75, 3.05) is 0 Å². The molecule has 0 amide bonds. The first-order chi connectivity index (χ1) is 22.9. The van der Waals surface area contributed by atoms with E-state index in [2.05, 4.69) is 178 Å². The van der Waals surface area contributed by atoms with Gasteiger partial charge in [0.15, 0.2) is 0 Å². The molecule has 1 aliphatic rings. The molecule has 6 aromatic carbocycles. The summed E-state index contributed by atoms with van der Waals surface area (Å²) >= 11 is 0. The highest BCUT2D eigenvalue weighted by Crippen LogP contribution is 2.42. The maximum atomic E-state index is 2.46. The number of benzene rings is 6. The van der Waals surface area contributed by atoms with E-state index >= 15 is 0 Å². The molecule has 0 saturated carbocycles. The topological polar surface area (TPSA) is 14.8 Å². The van der Waals surface area contributed by atoms with Gasteiger partial charge in [0.1, 0.15) is 0 Å². The molecule has 216 valence electrons. The number of nitrogens with zero attached hydrogens (tertiary/aromatic N) is 3. The van der Waals surface area contributed by atoms with Gasteiger partial charge in [0.05, 0.1) is 33.3 Å². The Bertz CT molecular complexity index is 2640. The Morgan fingerprint density at radius 3 is 1.54 bits per heavy atom. The second-order valence-corrected chi connectivity index (χ2v) is 12.1. The van der Waals surface area contributed by atoms with Crippen molar-refractivity contribution in [3.05, 3.63) is 169 Å². The van der Waals surface area contributed by atoms with Crippen LogP contribution in [0.5, 0.6) is 0 Å². The van der Waals surface area contributed by atoms with Crippen molar-refractivity contribution in [2.45, 2.75) is 6.42 Å². The minimum Gasteiger partial charge on any atom is -0.310 e. The van der Waals surface area contributed by atoms with Gasteiger partial charge in [0, 0.05) is 44.0 Å². The fourth-order valence-electron chi connectivity index (χ4n) is 7.81. The number of hydrogen-bond donors (Lipinski definition) is 0. The second kappa shape index (κ2) is 9.72. The summed E-state index contributed by atoms with van der Waals surface area (Å²) in [5.41, 5.74) is 12.3. The maximum Gasteiger partial charge on any atom is 0.0548 e. The summed E-state index contributed by atoms with van der Waals surface area (Å²) in [7, 11) is 0. The molecule has 0 spiro atoms. The van der Waals surface area contributed by atoms with Crippen molar-refractivity contribution < 1.29 is 0 Å². The molecule has 3 heteroatoms. The molecule has 3 heterocycles. The Balaban J connectivity index is 1.24. The van der Waals surface area contributed by atoms with Crippen molar-refractivity contribution in [3.63, 3.8) is 0 Å². The van der Waals surface area contributed by atoms with Gasteiger partial charge >= 0.3 is 0 Å². The number of hydrogen-bond acceptors (Lipinski definition) is 0. The average Bonchev–Trinajstić information content (AvgIpc) is 3.66. The van der Waals surface area contributed by atoms with Gasteiger partial charge in [-0.15, -0.1) is 0 Å². The van der Waals surface area contributed by atoms with Crippen molar-refractivity contribution in [1.82, 2.24) is 13.7 Å². The standard InChI is InChI=1S/C43H29N3/c1-3-13-29(14-4-1)45-39-22-12-9-18-35(39)43-40(45)27-28-41-42(43)34-17-5-2-6-19-38(34)46(41)31-25-23-30(24-26-31)44-36-20-10-7-15-32(36)33-16-8-11-21-37(33)44/h1-16,18-28H,17H2. The number of aromatic nitrogens is 3. The van der Waals surface area contributed by atoms with Crippen molar-refractivity contribution >= 4 is 60.6 Å². The van der Waals surface area contributed by atoms with E-state index < -0.39 is 0 Å². The summed E-state index contributed by atoms with van der Waals surface area (Å²) in [4.78, 5) is 0. The van der Waals surface area contributed by atoms with Crippen LogP contribution in [0.3, 0.4) is 0 Å². The molecule has 0 unspecified atom stereocenters. The van der Waals surface area contributed by atoms with Crippen molar-refractivity contribution in [3.8, 4) is 17.1 Å². The van der Waals surface area contributed by atoms with Gasteiger partial charge < -0.3 is 13.7 Å². The molecule has 10 rings (SSSR count).